The number of nitrogens with zero attached hydrogens (tertiary/aromatic N) is 4. The van der Waals surface area contributed by atoms with E-state index in [0.29, 0.717) is 45.2 Å². The highest BCUT2D eigenvalue weighted by Crippen LogP contribution is 2.38. The summed E-state index contributed by atoms with van der Waals surface area (Å²) in [5.41, 5.74) is 2.05. The number of nitrogens with one attached hydrogen (secondary N) is 1. The normalized spacial score (nSPS) is 23.3. The zero-order valence-electron chi connectivity index (χ0n) is 21.6. The average molecular weight is 568 g/mol. The van der Waals surface area contributed by atoms with Crippen molar-refractivity contribution in [2.45, 2.75) is 43.3 Å². The molecule has 3 aliphatic rings. The number of aromatic nitrogens is 3. The first-order valence-electron chi connectivity index (χ1n) is 12.3. The first-order chi connectivity index (χ1) is 18.9. The van der Waals surface area contributed by atoms with Crippen LogP contribution in [0, 0.1) is 11.8 Å². The van der Waals surface area contributed by atoms with Gasteiger partial charge in [0, 0.05) is 38.3 Å². The molecule has 0 saturated carbocycles. The van der Waals surface area contributed by atoms with Gasteiger partial charge in [0.15, 0.2) is 0 Å². The van der Waals surface area contributed by atoms with Crippen molar-refractivity contribution in [2.75, 3.05) is 37.8 Å². The smallest absolute Gasteiger partial charge is 0.480 e. The molecule has 0 unspecified atom stereocenters. The predicted molar refractivity (Wildman–Crippen MR) is 132 cm³/mol. The van der Waals surface area contributed by atoms with Gasteiger partial charge in [-0.1, -0.05) is 5.92 Å². The lowest BCUT2D eigenvalue weighted by Crippen LogP contribution is -2.68. The summed E-state index contributed by atoms with van der Waals surface area (Å²) in [6, 6.07) is 3.28. The van der Waals surface area contributed by atoms with E-state index in [1.807, 2.05) is 19.2 Å². The summed E-state index contributed by atoms with van der Waals surface area (Å²) in [5.74, 6) is 3.15. The van der Waals surface area contributed by atoms with E-state index in [9.17, 15) is 23.1 Å². The molecule has 0 aromatic carbocycles. The zero-order valence-corrected chi connectivity index (χ0v) is 21.6. The summed E-state index contributed by atoms with van der Waals surface area (Å²) in [5, 5.41) is 23.5. The molecule has 3 atom stereocenters. The highest BCUT2D eigenvalue weighted by Gasteiger charge is 2.50. The fourth-order valence-corrected chi connectivity index (χ4v) is 4.48. The molecule has 5 rings (SSSR count). The summed E-state index contributed by atoms with van der Waals surface area (Å²) in [4.78, 5) is 27.0. The number of aryl methyl sites for hydroxylation is 1. The van der Waals surface area contributed by atoms with E-state index in [1.54, 1.807) is 17.1 Å². The quantitative estimate of drug-likeness (QED) is 0.455. The first-order valence-corrected chi connectivity index (χ1v) is 12.3. The zero-order chi connectivity index (χ0) is 29.1. The van der Waals surface area contributed by atoms with Crippen LogP contribution in [0.3, 0.4) is 0 Å². The Bertz CT molecular complexity index is 1300. The number of anilines is 1. The minimum absolute atomic E-state index is 0.0536. The van der Waals surface area contributed by atoms with Crippen LogP contribution in [0.2, 0.25) is 0 Å². The molecule has 3 aliphatic heterocycles. The van der Waals surface area contributed by atoms with Crippen LogP contribution in [0.4, 0.5) is 18.9 Å². The molecule has 3 N–H and O–H groups in total. The molecule has 5 heterocycles. The van der Waals surface area contributed by atoms with Gasteiger partial charge in [-0.15, -0.1) is 0 Å². The van der Waals surface area contributed by atoms with Crippen LogP contribution in [0.25, 0.3) is 0 Å². The molecule has 0 aliphatic carbocycles. The Morgan fingerprint density at radius 2 is 2.00 bits per heavy atom. The highest BCUT2D eigenvalue weighted by molar-refractivity contribution is 5.74. The third-order valence-electron chi connectivity index (χ3n) is 6.85. The number of aliphatic carboxylic acids is 2. The van der Waals surface area contributed by atoms with Crippen molar-refractivity contribution in [3.05, 3.63) is 35.8 Å². The van der Waals surface area contributed by atoms with Crippen molar-refractivity contribution >= 4 is 17.6 Å². The minimum atomic E-state index is -5.08. The van der Waals surface area contributed by atoms with Crippen LogP contribution in [0.1, 0.15) is 24.6 Å². The van der Waals surface area contributed by atoms with Gasteiger partial charge in [-0.05, 0) is 25.0 Å². The van der Waals surface area contributed by atoms with E-state index >= 15 is 0 Å². The summed E-state index contributed by atoms with van der Waals surface area (Å²) in [7, 11) is 1.85. The molecule has 0 bridgehead atoms. The van der Waals surface area contributed by atoms with Crippen molar-refractivity contribution in [2.24, 2.45) is 7.05 Å². The van der Waals surface area contributed by atoms with Crippen molar-refractivity contribution < 1.29 is 47.2 Å². The lowest BCUT2D eigenvalue weighted by Gasteiger charge is -2.53. The maximum absolute atomic E-state index is 11.3. The molecule has 3 fully saturated rings. The fourth-order valence-electron chi connectivity index (χ4n) is 4.48. The Morgan fingerprint density at radius 3 is 2.55 bits per heavy atom. The number of rotatable bonds is 4. The van der Waals surface area contributed by atoms with E-state index in [1.165, 1.54) is 0 Å². The average Bonchev–Trinajstić information content (AvgIpc) is 3.51. The monoisotopic (exact) mass is 567 g/mol. The summed E-state index contributed by atoms with van der Waals surface area (Å²) < 4.78 is 51.2. The second-order valence-corrected chi connectivity index (χ2v) is 9.49. The number of ether oxygens (including phenoxy) is 3. The minimum Gasteiger partial charge on any atom is -0.480 e. The van der Waals surface area contributed by atoms with Crippen molar-refractivity contribution in [3.63, 3.8) is 0 Å². The van der Waals surface area contributed by atoms with Gasteiger partial charge in [-0.2, -0.15) is 18.3 Å². The number of hydrogen-bond donors (Lipinski definition) is 3. The number of hydrogen-bond acceptors (Lipinski definition) is 9. The first kappa shape index (κ1) is 29.1. The number of halogens is 3. The number of carbonyl (C=O) groups is 2. The maximum atomic E-state index is 11.3. The van der Waals surface area contributed by atoms with Crippen LogP contribution in [-0.2, 0) is 26.1 Å². The van der Waals surface area contributed by atoms with Gasteiger partial charge in [0.25, 0.3) is 0 Å². The Labute approximate surface area is 227 Å². The molecule has 0 radical (unpaired) electrons. The van der Waals surface area contributed by atoms with Crippen LogP contribution in [0.15, 0.2) is 24.5 Å². The van der Waals surface area contributed by atoms with Gasteiger partial charge in [-0.25, -0.2) is 9.78 Å². The van der Waals surface area contributed by atoms with E-state index in [4.69, 9.17) is 24.1 Å². The molecule has 2 aromatic heterocycles. The van der Waals surface area contributed by atoms with Crippen molar-refractivity contribution in [1.82, 2.24) is 20.1 Å². The molecule has 0 amide bonds. The van der Waals surface area contributed by atoms with Crippen LogP contribution in [0.5, 0.6) is 5.88 Å². The number of carboxylic acids is 2. The summed E-state index contributed by atoms with van der Waals surface area (Å²) in [6.07, 6.45) is -1.58. The van der Waals surface area contributed by atoms with Crippen molar-refractivity contribution in [1.29, 1.82) is 0 Å². The SMILES string of the molecule is C[C@@H]1N(c2cc(C#Cc3ccnn3C)cnc2O[C@@H]2CN[C@H](C(=O)O)C2)CCOC12COC2.O=C(O)C(F)(F)F. The van der Waals surface area contributed by atoms with Crippen LogP contribution >= 0.6 is 0 Å². The summed E-state index contributed by atoms with van der Waals surface area (Å²) in [6.45, 7) is 4.94. The maximum Gasteiger partial charge on any atom is 0.490 e. The van der Waals surface area contributed by atoms with Gasteiger partial charge in [0.1, 0.15) is 29.1 Å². The lowest BCUT2D eigenvalue weighted by atomic mass is 9.90. The Balaban J connectivity index is 0.000000470. The molecule has 2 aromatic rings. The Kier molecular flexibility index (Phi) is 8.52. The summed E-state index contributed by atoms with van der Waals surface area (Å²) >= 11 is 0. The molecule has 216 valence electrons. The molecule has 12 nitrogen and oxygen atoms in total. The number of pyridine rings is 1. The van der Waals surface area contributed by atoms with Gasteiger partial charge >= 0.3 is 18.1 Å². The second-order valence-electron chi connectivity index (χ2n) is 9.49. The van der Waals surface area contributed by atoms with E-state index in [-0.39, 0.29) is 17.7 Å². The molecule has 15 heteroatoms. The van der Waals surface area contributed by atoms with Gasteiger partial charge in [0.2, 0.25) is 5.88 Å². The standard InChI is InChI=1S/C23H27N5O5.C2HF3O2/c1-15-23(13-31-14-23)32-8-7-28(15)20-9-16(3-4-17-5-6-26-27(17)2)11-25-21(20)33-18-10-19(22(29)30)24-12-18;3-2(4,5)1(6)7/h5-6,9,11,15,18-19,24H,7-8,10,12-14H2,1-2H3,(H,29,30);(H,6,7)/t15-,18-,19-;/m0./s1. The molecule has 3 saturated heterocycles. The Morgan fingerprint density at radius 1 is 1.27 bits per heavy atom. The van der Waals surface area contributed by atoms with Crippen LogP contribution in [-0.4, -0.2) is 99.8 Å². The van der Waals surface area contributed by atoms with Crippen LogP contribution < -0.4 is 15.0 Å². The van der Waals surface area contributed by atoms with Gasteiger partial charge in [0.05, 0.1) is 32.1 Å². The third-order valence-corrected chi connectivity index (χ3v) is 6.85. The largest absolute Gasteiger partial charge is 0.490 e. The Hall–Kier alpha value is -3.87. The molecular formula is C25H28F3N5O7. The lowest BCUT2D eigenvalue weighted by molar-refractivity contribution is -0.228. The topological polar surface area (TPSA) is 148 Å². The number of morpholine rings is 1. The highest BCUT2D eigenvalue weighted by atomic mass is 19.4. The molecule has 1 spiro atoms. The van der Waals surface area contributed by atoms with Gasteiger partial charge in [-0.3, -0.25) is 9.48 Å². The van der Waals surface area contributed by atoms with E-state index in [2.05, 4.69) is 39.1 Å². The number of alkyl halides is 3. The second kappa shape index (κ2) is 11.7. The third kappa shape index (κ3) is 6.46. The van der Waals surface area contributed by atoms with Crippen molar-refractivity contribution in [3.8, 4) is 17.7 Å². The molecular weight excluding hydrogens is 539 g/mol. The van der Waals surface area contributed by atoms with Gasteiger partial charge < -0.3 is 34.6 Å². The van der Waals surface area contributed by atoms with E-state index in [0.717, 1.165) is 16.9 Å². The number of carboxylic acid groups (broad SMARTS) is 2. The fraction of sp³-hybridized carbons (Fsp3) is 0.520. The predicted octanol–water partition coefficient (Wildman–Crippen LogP) is 1.04. The van der Waals surface area contributed by atoms with E-state index < -0.39 is 24.2 Å². The molecule has 40 heavy (non-hydrogen) atoms.